The van der Waals surface area contributed by atoms with Gasteiger partial charge in [-0.25, -0.2) is 8.42 Å². The number of ether oxygens (including phenoxy) is 1. The average molecular weight is 649 g/mol. The number of nitrogens with zero attached hydrogens (tertiary/aromatic N) is 2. The molecule has 43 heavy (non-hydrogen) atoms. The third-order valence-electron chi connectivity index (χ3n) is 6.54. The second-order valence-electron chi connectivity index (χ2n) is 11.2. The zero-order valence-electron chi connectivity index (χ0n) is 25.4. The number of hydrogen-bond acceptors (Lipinski definition) is 5. The van der Waals surface area contributed by atoms with Crippen molar-refractivity contribution in [1.82, 2.24) is 10.2 Å². The van der Waals surface area contributed by atoms with Gasteiger partial charge < -0.3 is 15.0 Å². The highest BCUT2D eigenvalue weighted by Gasteiger charge is 2.35. The molecule has 0 unspecified atom stereocenters. The lowest BCUT2D eigenvalue weighted by molar-refractivity contribution is -0.141. The van der Waals surface area contributed by atoms with Crippen molar-refractivity contribution in [1.29, 1.82) is 0 Å². The molecule has 3 rings (SSSR count). The summed E-state index contributed by atoms with van der Waals surface area (Å²) in [6.07, 6.45) is 0.287. The van der Waals surface area contributed by atoms with Crippen LogP contribution < -0.4 is 14.4 Å². The number of sulfonamides is 1. The fourth-order valence-electron chi connectivity index (χ4n) is 4.50. The van der Waals surface area contributed by atoms with E-state index in [0.717, 1.165) is 9.87 Å². The maximum atomic E-state index is 14.3. The summed E-state index contributed by atoms with van der Waals surface area (Å²) >= 11 is 12.4. The van der Waals surface area contributed by atoms with E-state index in [1.165, 1.54) is 17.0 Å². The van der Waals surface area contributed by atoms with Gasteiger partial charge in [-0.05, 0) is 83.0 Å². The van der Waals surface area contributed by atoms with E-state index in [-0.39, 0.29) is 36.1 Å². The Kier molecular flexibility index (Phi) is 11.5. The van der Waals surface area contributed by atoms with Crippen LogP contribution in [-0.4, -0.2) is 49.9 Å². The van der Waals surface area contributed by atoms with Crippen LogP contribution in [0.15, 0.2) is 71.6 Å². The summed E-state index contributed by atoms with van der Waals surface area (Å²) in [6, 6.07) is 17.1. The van der Waals surface area contributed by atoms with Gasteiger partial charge in [0.15, 0.2) is 0 Å². The Hall–Kier alpha value is -3.27. The number of amides is 2. The van der Waals surface area contributed by atoms with E-state index < -0.39 is 34.1 Å². The van der Waals surface area contributed by atoms with E-state index in [1.807, 2.05) is 27.7 Å². The summed E-state index contributed by atoms with van der Waals surface area (Å²) in [5.41, 5.74) is 1.17. The second-order valence-corrected chi connectivity index (χ2v) is 13.8. The lowest BCUT2D eigenvalue weighted by Crippen LogP contribution is -2.55. The van der Waals surface area contributed by atoms with Crippen LogP contribution in [0, 0.1) is 6.92 Å². The minimum Gasteiger partial charge on any atom is -0.492 e. The molecule has 3 aromatic carbocycles. The Balaban J connectivity index is 2.14. The largest absolute Gasteiger partial charge is 0.492 e. The molecular weight excluding hydrogens is 609 g/mol. The molecule has 0 aliphatic rings. The van der Waals surface area contributed by atoms with Crippen LogP contribution in [0.4, 0.5) is 5.69 Å². The molecule has 0 bridgehead atoms. The first-order chi connectivity index (χ1) is 20.2. The SMILES string of the molecule is CCOc1ccccc1N(CC(=O)N(Cc1ccc(Cl)c(Cl)c1)[C@@H](CC)C(=O)NC(C)(C)C)S(=O)(=O)c1ccc(C)cc1. The molecule has 0 heterocycles. The van der Waals surface area contributed by atoms with Gasteiger partial charge in [-0.3, -0.25) is 13.9 Å². The monoisotopic (exact) mass is 647 g/mol. The summed E-state index contributed by atoms with van der Waals surface area (Å²) in [7, 11) is -4.24. The van der Waals surface area contributed by atoms with Gasteiger partial charge >= 0.3 is 0 Å². The Morgan fingerprint density at radius 1 is 0.953 bits per heavy atom. The highest BCUT2D eigenvalue weighted by atomic mass is 35.5. The topological polar surface area (TPSA) is 96.0 Å². The van der Waals surface area contributed by atoms with Crippen molar-refractivity contribution in [2.24, 2.45) is 0 Å². The summed E-state index contributed by atoms with van der Waals surface area (Å²) in [5.74, 6) is -0.628. The van der Waals surface area contributed by atoms with Gasteiger partial charge in [0.25, 0.3) is 10.0 Å². The first kappa shape index (κ1) is 34.2. The first-order valence-electron chi connectivity index (χ1n) is 14.0. The summed E-state index contributed by atoms with van der Waals surface area (Å²) in [6.45, 7) is 10.7. The summed E-state index contributed by atoms with van der Waals surface area (Å²) in [4.78, 5) is 29.2. The van der Waals surface area contributed by atoms with Crippen molar-refractivity contribution >= 4 is 50.7 Å². The molecule has 3 aromatic rings. The maximum Gasteiger partial charge on any atom is 0.264 e. The Labute approximate surface area is 265 Å². The zero-order valence-corrected chi connectivity index (χ0v) is 27.7. The number of nitrogens with one attached hydrogen (secondary N) is 1. The predicted molar refractivity (Wildman–Crippen MR) is 172 cm³/mol. The molecule has 1 atom stereocenters. The molecule has 2 amide bonds. The lowest BCUT2D eigenvalue weighted by Gasteiger charge is -2.35. The predicted octanol–water partition coefficient (Wildman–Crippen LogP) is 6.62. The average Bonchev–Trinajstić information content (AvgIpc) is 2.93. The number of carbonyl (C=O) groups is 2. The standard InChI is InChI=1S/C32H39Cl2N3O5S/c1-7-27(31(39)35-32(4,5)6)36(20-23-15-18-25(33)26(34)19-23)30(38)21-37(28-11-9-10-12-29(28)42-8-2)43(40,41)24-16-13-22(3)14-17-24/h9-19,27H,7-8,20-21H2,1-6H3,(H,35,39)/t27-/m0/s1. The molecule has 0 saturated heterocycles. The highest BCUT2D eigenvalue weighted by Crippen LogP contribution is 2.33. The molecular formula is C32H39Cl2N3O5S. The number of benzene rings is 3. The fraction of sp³-hybridized carbons (Fsp3) is 0.375. The zero-order chi connectivity index (χ0) is 31.9. The Bertz CT molecular complexity index is 1540. The van der Waals surface area contributed by atoms with Crippen LogP contribution in [-0.2, 0) is 26.2 Å². The van der Waals surface area contributed by atoms with Crippen LogP contribution >= 0.6 is 23.2 Å². The third kappa shape index (κ3) is 8.87. The lowest BCUT2D eigenvalue weighted by atomic mass is 10.1. The van der Waals surface area contributed by atoms with E-state index in [2.05, 4.69) is 5.32 Å². The molecule has 0 fully saturated rings. The number of rotatable bonds is 12. The minimum atomic E-state index is -4.24. The number of halogens is 2. The van der Waals surface area contributed by atoms with Crippen LogP contribution in [0.5, 0.6) is 5.75 Å². The van der Waals surface area contributed by atoms with Crippen molar-refractivity contribution in [3.05, 3.63) is 87.9 Å². The highest BCUT2D eigenvalue weighted by molar-refractivity contribution is 7.92. The van der Waals surface area contributed by atoms with Crippen LogP contribution in [0.25, 0.3) is 0 Å². The minimum absolute atomic E-state index is 0.00266. The summed E-state index contributed by atoms with van der Waals surface area (Å²) in [5, 5.41) is 3.60. The van der Waals surface area contributed by atoms with E-state index in [4.69, 9.17) is 27.9 Å². The maximum absolute atomic E-state index is 14.3. The number of carbonyl (C=O) groups excluding carboxylic acids is 2. The number of para-hydroxylation sites is 2. The fourth-order valence-corrected chi connectivity index (χ4v) is 6.24. The van der Waals surface area contributed by atoms with E-state index in [9.17, 15) is 18.0 Å². The van der Waals surface area contributed by atoms with Gasteiger partial charge in [-0.1, -0.05) is 66.0 Å². The van der Waals surface area contributed by atoms with Crippen LogP contribution in [0.3, 0.4) is 0 Å². The van der Waals surface area contributed by atoms with Crippen molar-refractivity contribution < 1.29 is 22.7 Å². The third-order valence-corrected chi connectivity index (χ3v) is 9.06. The van der Waals surface area contributed by atoms with Crippen LogP contribution in [0.2, 0.25) is 10.0 Å². The molecule has 0 spiro atoms. The smallest absolute Gasteiger partial charge is 0.264 e. The van der Waals surface area contributed by atoms with Crippen molar-refractivity contribution in [3.8, 4) is 5.75 Å². The Morgan fingerprint density at radius 3 is 2.19 bits per heavy atom. The van der Waals surface area contributed by atoms with Crippen molar-refractivity contribution in [3.63, 3.8) is 0 Å². The van der Waals surface area contributed by atoms with Crippen LogP contribution in [0.1, 0.15) is 52.2 Å². The number of anilines is 1. The molecule has 0 aliphatic carbocycles. The van der Waals surface area contributed by atoms with Gasteiger partial charge in [-0.15, -0.1) is 0 Å². The molecule has 232 valence electrons. The van der Waals surface area contributed by atoms with Gasteiger partial charge in [0, 0.05) is 12.1 Å². The normalized spacial score (nSPS) is 12.4. The molecule has 0 aromatic heterocycles. The van der Waals surface area contributed by atoms with E-state index in [0.29, 0.717) is 21.4 Å². The van der Waals surface area contributed by atoms with Crippen molar-refractivity contribution in [2.45, 2.75) is 71.0 Å². The van der Waals surface area contributed by atoms with Gasteiger partial charge in [0.05, 0.1) is 27.2 Å². The number of hydrogen-bond donors (Lipinski definition) is 1. The van der Waals surface area contributed by atoms with Gasteiger partial charge in [0.1, 0.15) is 18.3 Å². The van der Waals surface area contributed by atoms with Gasteiger partial charge in [0.2, 0.25) is 11.8 Å². The molecule has 0 saturated carbocycles. The molecule has 1 N–H and O–H groups in total. The van der Waals surface area contributed by atoms with E-state index in [1.54, 1.807) is 68.4 Å². The van der Waals surface area contributed by atoms with Crippen molar-refractivity contribution in [2.75, 3.05) is 17.5 Å². The van der Waals surface area contributed by atoms with E-state index >= 15 is 0 Å². The first-order valence-corrected chi connectivity index (χ1v) is 16.2. The second kappa shape index (κ2) is 14.5. The molecule has 0 radical (unpaired) electrons. The molecule has 8 nitrogen and oxygen atoms in total. The van der Waals surface area contributed by atoms with Gasteiger partial charge in [-0.2, -0.15) is 0 Å². The number of aryl methyl sites for hydroxylation is 1. The Morgan fingerprint density at radius 2 is 1.60 bits per heavy atom. The quantitative estimate of drug-likeness (QED) is 0.238. The summed E-state index contributed by atoms with van der Waals surface area (Å²) < 4.78 is 35.1. The molecule has 11 heteroatoms. The molecule has 0 aliphatic heterocycles.